The first-order chi connectivity index (χ1) is 7.63. The molecule has 1 saturated heterocycles. The van der Waals surface area contributed by atoms with Crippen molar-refractivity contribution in [1.29, 1.82) is 0 Å². The van der Waals surface area contributed by atoms with Gasteiger partial charge < -0.3 is 9.47 Å². The number of ether oxygens (including phenoxy) is 2. The normalized spacial score (nSPS) is 24.0. The van der Waals surface area contributed by atoms with E-state index < -0.39 is 10.8 Å². The van der Waals surface area contributed by atoms with Crippen LogP contribution in [0, 0.1) is 0 Å². The highest BCUT2D eigenvalue weighted by atomic mass is 32.2. The third-order valence-corrected chi connectivity index (χ3v) is 4.50. The van der Waals surface area contributed by atoms with E-state index in [2.05, 4.69) is 4.74 Å². The first-order valence-electron chi connectivity index (χ1n) is 5.69. The molecule has 1 rings (SSSR count). The summed E-state index contributed by atoms with van der Waals surface area (Å²) in [6, 6.07) is 0. The average molecular weight is 248 g/mol. The molecule has 0 aromatic carbocycles. The number of carbonyl (C=O) groups excluding carboxylic acids is 1. The molecule has 94 valence electrons. The monoisotopic (exact) mass is 248 g/mol. The Bertz CT molecular complexity index is 248. The quantitative estimate of drug-likeness (QED) is 0.664. The number of rotatable bonds is 6. The molecule has 4 nitrogen and oxygen atoms in total. The van der Waals surface area contributed by atoms with E-state index in [0.29, 0.717) is 5.75 Å². The zero-order chi connectivity index (χ0) is 12.0. The van der Waals surface area contributed by atoms with Crippen LogP contribution in [0.5, 0.6) is 0 Å². The Balaban J connectivity index is 2.20. The lowest BCUT2D eigenvalue weighted by Crippen LogP contribution is -2.21. The lowest BCUT2D eigenvalue weighted by atomic mass is 10.2. The molecule has 0 aliphatic carbocycles. The van der Waals surface area contributed by atoms with Gasteiger partial charge in [-0.2, -0.15) is 0 Å². The fourth-order valence-electron chi connectivity index (χ4n) is 1.73. The smallest absolute Gasteiger partial charge is 0.306 e. The summed E-state index contributed by atoms with van der Waals surface area (Å²) in [7, 11) is 0.388. The van der Waals surface area contributed by atoms with E-state index in [-0.39, 0.29) is 23.7 Å². The van der Waals surface area contributed by atoms with Gasteiger partial charge in [-0.25, -0.2) is 0 Å². The summed E-state index contributed by atoms with van der Waals surface area (Å²) in [5, 5.41) is -0.131. The number of methoxy groups -OCH3 is 1. The van der Waals surface area contributed by atoms with Crippen LogP contribution in [-0.4, -0.2) is 41.0 Å². The summed E-state index contributed by atoms with van der Waals surface area (Å²) in [6.45, 7) is 2.65. The van der Waals surface area contributed by atoms with Gasteiger partial charge in [0.05, 0.1) is 19.6 Å². The lowest BCUT2D eigenvalue weighted by molar-refractivity contribution is -0.140. The van der Waals surface area contributed by atoms with Crippen molar-refractivity contribution in [2.24, 2.45) is 0 Å². The molecule has 1 aliphatic rings. The van der Waals surface area contributed by atoms with Crippen molar-refractivity contribution in [3.05, 3.63) is 0 Å². The topological polar surface area (TPSA) is 52.6 Å². The molecule has 3 atom stereocenters. The van der Waals surface area contributed by atoms with Gasteiger partial charge in [-0.1, -0.05) is 6.92 Å². The Morgan fingerprint density at radius 3 is 2.94 bits per heavy atom. The molecule has 1 fully saturated rings. The molecule has 1 aliphatic heterocycles. The van der Waals surface area contributed by atoms with Crippen LogP contribution in [0.3, 0.4) is 0 Å². The van der Waals surface area contributed by atoms with Gasteiger partial charge in [0, 0.05) is 28.4 Å². The second-order valence-corrected chi connectivity index (χ2v) is 6.07. The van der Waals surface area contributed by atoms with Crippen LogP contribution in [-0.2, 0) is 25.1 Å². The SMILES string of the molecule is COC(=O)CC(C)S(=O)CCC1CCCO1. The van der Waals surface area contributed by atoms with Gasteiger partial charge in [-0.3, -0.25) is 9.00 Å². The maximum atomic E-state index is 11.8. The Hall–Kier alpha value is -0.420. The maximum absolute atomic E-state index is 11.8. The largest absolute Gasteiger partial charge is 0.469 e. The molecule has 0 aromatic heterocycles. The molecule has 0 N–H and O–H groups in total. The highest BCUT2D eigenvalue weighted by molar-refractivity contribution is 7.85. The molecule has 0 saturated carbocycles. The van der Waals surface area contributed by atoms with E-state index in [9.17, 15) is 9.00 Å². The summed E-state index contributed by atoms with van der Waals surface area (Å²) in [6.07, 6.45) is 3.51. The predicted molar refractivity (Wildman–Crippen MR) is 62.7 cm³/mol. The number of esters is 1. The van der Waals surface area contributed by atoms with Gasteiger partial charge in [0.1, 0.15) is 0 Å². The summed E-state index contributed by atoms with van der Waals surface area (Å²) >= 11 is 0. The molecule has 16 heavy (non-hydrogen) atoms. The van der Waals surface area contributed by atoms with Crippen LogP contribution in [0.4, 0.5) is 0 Å². The van der Waals surface area contributed by atoms with E-state index in [4.69, 9.17) is 4.74 Å². The van der Waals surface area contributed by atoms with Crippen LogP contribution in [0.15, 0.2) is 0 Å². The molecule has 0 spiro atoms. The Morgan fingerprint density at radius 2 is 2.38 bits per heavy atom. The van der Waals surface area contributed by atoms with Gasteiger partial charge in [-0.15, -0.1) is 0 Å². The average Bonchev–Trinajstić information content (AvgIpc) is 2.78. The van der Waals surface area contributed by atoms with Crippen LogP contribution >= 0.6 is 0 Å². The summed E-state index contributed by atoms with van der Waals surface area (Å²) in [4.78, 5) is 11.0. The standard InChI is InChI=1S/C11H20O4S/c1-9(8-11(12)14-2)16(13)7-5-10-4-3-6-15-10/h9-10H,3-8H2,1-2H3. The first-order valence-corrected chi connectivity index (χ1v) is 7.07. The second kappa shape index (κ2) is 7.01. The summed E-state index contributed by atoms with van der Waals surface area (Å²) in [5.41, 5.74) is 0. The van der Waals surface area contributed by atoms with Gasteiger partial charge in [0.15, 0.2) is 0 Å². The first kappa shape index (κ1) is 13.6. The van der Waals surface area contributed by atoms with Crippen molar-refractivity contribution in [3.63, 3.8) is 0 Å². The molecule has 0 bridgehead atoms. The zero-order valence-electron chi connectivity index (χ0n) is 9.94. The predicted octanol–water partition coefficient (Wildman–Crippen LogP) is 1.26. The molecule has 1 heterocycles. The van der Waals surface area contributed by atoms with Crippen molar-refractivity contribution in [2.75, 3.05) is 19.5 Å². The van der Waals surface area contributed by atoms with Crippen molar-refractivity contribution in [2.45, 2.75) is 44.0 Å². The maximum Gasteiger partial charge on any atom is 0.306 e. The van der Waals surface area contributed by atoms with E-state index in [0.717, 1.165) is 25.9 Å². The third kappa shape index (κ3) is 4.61. The van der Waals surface area contributed by atoms with Crippen molar-refractivity contribution >= 4 is 16.8 Å². The summed E-state index contributed by atoms with van der Waals surface area (Å²) in [5.74, 6) is 0.320. The minimum atomic E-state index is -0.964. The molecule has 0 aromatic rings. The molecule has 0 amide bonds. The van der Waals surface area contributed by atoms with Crippen LogP contribution in [0.25, 0.3) is 0 Å². The van der Waals surface area contributed by atoms with Gasteiger partial charge >= 0.3 is 5.97 Å². The fourth-order valence-corrected chi connectivity index (χ4v) is 2.95. The minimum Gasteiger partial charge on any atom is -0.469 e. The Labute approximate surface area is 99.1 Å². The fraction of sp³-hybridized carbons (Fsp3) is 0.909. The van der Waals surface area contributed by atoms with Crippen LogP contribution in [0.1, 0.15) is 32.6 Å². The van der Waals surface area contributed by atoms with Crippen molar-refractivity contribution in [3.8, 4) is 0 Å². The molecule has 3 unspecified atom stereocenters. The van der Waals surface area contributed by atoms with E-state index >= 15 is 0 Å². The lowest BCUT2D eigenvalue weighted by Gasteiger charge is -2.12. The Kier molecular flexibility index (Phi) is 5.98. The van der Waals surface area contributed by atoms with Gasteiger partial charge in [0.2, 0.25) is 0 Å². The molecular formula is C11H20O4S. The van der Waals surface area contributed by atoms with Crippen LogP contribution < -0.4 is 0 Å². The van der Waals surface area contributed by atoms with Gasteiger partial charge in [-0.05, 0) is 19.3 Å². The van der Waals surface area contributed by atoms with Crippen LogP contribution in [0.2, 0.25) is 0 Å². The van der Waals surface area contributed by atoms with Crippen molar-refractivity contribution in [1.82, 2.24) is 0 Å². The minimum absolute atomic E-state index is 0.131. The van der Waals surface area contributed by atoms with Crippen molar-refractivity contribution < 1.29 is 18.5 Å². The highest BCUT2D eigenvalue weighted by Gasteiger charge is 2.20. The molecular weight excluding hydrogens is 228 g/mol. The molecule has 5 heteroatoms. The van der Waals surface area contributed by atoms with E-state index in [1.54, 1.807) is 0 Å². The highest BCUT2D eigenvalue weighted by Crippen LogP contribution is 2.16. The zero-order valence-corrected chi connectivity index (χ0v) is 10.8. The third-order valence-electron chi connectivity index (χ3n) is 2.80. The number of hydrogen-bond acceptors (Lipinski definition) is 4. The second-order valence-electron chi connectivity index (χ2n) is 4.10. The Morgan fingerprint density at radius 1 is 1.62 bits per heavy atom. The van der Waals surface area contributed by atoms with Gasteiger partial charge in [0.25, 0.3) is 0 Å². The number of hydrogen-bond donors (Lipinski definition) is 0. The summed E-state index contributed by atoms with van der Waals surface area (Å²) < 4.78 is 21.8. The number of carbonyl (C=O) groups is 1. The van der Waals surface area contributed by atoms with E-state index in [1.165, 1.54) is 7.11 Å². The molecule has 0 radical (unpaired) electrons. The van der Waals surface area contributed by atoms with E-state index in [1.807, 2.05) is 6.92 Å².